The molecule has 0 saturated heterocycles. The van der Waals surface area contributed by atoms with Gasteiger partial charge in [-0.15, -0.1) is 12.4 Å². The van der Waals surface area contributed by atoms with Crippen molar-refractivity contribution in [2.75, 3.05) is 12.4 Å². The highest BCUT2D eigenvalue weighted by Gasteiger charge is 2.18. The van der Waals surface area contributed by atoms with Crippen LogP contribution < -0.4 is 10.1 Å². The van der Waals surface area contributed by atoms with E-state index in [1.807, 2.05) is 6.07 Å². The van der Waals surface area contributed by atoms with Crippen LogP contribution in [-0.4, -0.2) is 13.2 Å². The van der Waals surface area contributed by atoms with Crippen molar-refractivity contribution in [3.05, 3.63) is 59.7 Å². The molecular weight excluding hydrogens is 270 g/mol. The molecule has 1 N–H and O–H groups in total. The maximum Gasteiger partial charge on any atom is 0.119 e. The number of aryl methyl sites for hydroxylation is 1. The Morgan fingerprint density at radius 1 is 1.05 bits per heavy atom. The lowest BCUT2D eigenvalue weighted by Gasteiger charge is -2.26. The predicted octanol–water partition coefficient (Wildman–Crippen LogP) is 4.09. The van der Waals surface area contributed by atoms with E-state index in [4.69, 9.17) is 4.74 Å². The number of benzene rings is 2. The molecule has 20 heavy (non-hydrogen) atoms. The third-order valence-electron chi connectivity index (χ3n) is 3.79. The molecule has 3 heteroatoms. The quantitative estimate of drug-likeness (QED) is 0.919. The van der Waals surface area contributed by atoms with E-state index in [2.05, 4.69) is 47.8 Å². The fraction of sp³-hybridized carbons (Fsp3) is 0.294. The van der Waals surface area contributed by atoms with Crippen molar-refractivity contribution in [2.24, 2.45) is 0 Å². The van der Waals surface area contributed by atoms with Crippen molar-refractivity contribution in [1.29, 1.82) is 0 Å². The van der Waals surface area contributed by atoms with Crippen LogP contribution in [0.4, 0.5) is 5.69 Å². The van der Waals surface area contributed by atoms with Gasteiger partial charge in [0.1, 0.15) is 5.75 Å². The maximum absolute atomic E-state index is 5.29. The molecule has 0 aliphatic heterocycles. The Kier molecular flexibility index (Phi) is 4.91. The van der Waals surface area contributed by atoms with Crippen molar-refractivity contribution >= 4 is 18.1 Å². The Morgan fingerprint density at radius 3 is 2.60 bits per heavy atom. The Bertz CT molecular complexity index is 556. The molecule has 1 atom stereocenters. The van der Waals surface area contributed by atoms with Crippen LogP contribution in [0.25, 0.3) is 0 Å². The zero-order valence-electron chi connectivity index (χ0n) is 11.6. The second-order valence-electron chi connectivity index (χ2n) is 5.08. The smallest absolute Gasteiger partial charge is 0.119 e. The fourth-order valence-corrected chi connectivity index (χ4v) is 2.75. The Hall–Kier alpha value is -1.67. The summed E-state index contributed by atoms with van der Waals surface area (Å²) >= 11 is 0. The lowest BCUT2D eigenvalue weighted by molar-refractivity contribution is 0.413. The number of anilines is 1. The molecule has 106 valence electrons. The topological polar surface area (TPSA) is 21.3 Å². The zero-order valence-corrected chi connectivity index (χ0v) is 12.5. The molecule has 0 amide bonds. The highest BCUT2D eigenvalue weighted by molar-refractivity contribution is 5.85. The average molecular weight is 290 g/mol. The zero-order chi connectivity index (χ0) is 13.1. The minimum atomic E-state index is 0. The first-order valence-corrected chi connectivity index (χ1v) is 6.82. The monoisotopic (exact) mass is 289 g/mol. The van der Waals surface area contributed by atoms with Gasteiger partial charge >= 0.3 is 0 Å². The first-order valence-electron chi connectivity index (χ1n) is 6.82. The molecule has 1 aliphatic rings. The first kappa shape index (κ1) is 14.7. The predicted molar refractivity (Wildman–Crippen MR) is 86.1 cm³/mol. The standard InChI is InChI=1S/C17H19NO.ClH/c1-19-17-10-8-13-11-16(9-7-14(13)12-17)18-15-5-3-2-4-6-15;/h2-6,8,10,12,16,18H,7,9,11H2,1H3;1H. The van der Waals surface area contributed by atoms with Crippen LogP contribution in [-0.2, 0) is 12.8 Å². The third kappa shape index (κ3) is 3.26. The highest BCUT2D eigenvalue weighted by atomic mass is 35.5. The maximum atomic E-state index is 5.29. The fourth-order valence-electron chi connectivity index (χ4n) is 2.75. The second kappa shape index (κ2) is 6.67. The van der Waals surface area contributed by atoms with Crippen LogP contribution in [0.1, 0.15) is 17.5 Å². The van der Waals surface area contributed by atoms with Crippen molar-refractivity contribution < 1.29 is 4.74 Å². The van der Waals surface area contributed by atoms with E-state index in [1.165, 1.54) is 23.2 Å². The molecule has 0 saturated carbocycles. The minimum Gasteiger partial charge on any atom is -0.497 e. The number of para-hydroxylation sites is 1. The van der Waals surface area contributed by atoms with Gasteiger partial charge in [0.2, 0.25) is 0 Å². The molecule has 3 rings (SSSR count). The molecule has 0 spiro atoms. The number of ether oxygens (including phenoxy) is 1. The SMILES string of the molecule is COc1ccc2c(c1)CCC(Nc1ccccc1)C2.Cl. The molecule has 0 bridgehead atoms. The molecule has 2 aromatic carbocycles. The molecule has 0 aromatic heterocycles. The highest BCUT2D eigenvalue weighted by Crippen LogP contribution is 2.27. The van der Waals surface area contributed by atoms with Gasteiger partial charge in [-0.25, -0.2) is 0 Å². The lowest BCUT2D eigenvalue weighted by atomic mass is 9.88. The summed E-state index contributed by atoms with van der Waals surface area (Å²) in [6.07, 6.45) is 3.39. The van der Waals surface area contributed by atoms with E-state index >= 15 is 0 Å². The van der Waals surface area contributed by atoms with Gasteiger partial charge in [0, 0.05) is 11.7 Å². The van der Waals surface area contributed by atoms with E-state index in [0.717, 1.165) is 18.6 Å². The number of fused-ring (bicyclic) bond motifs is 1. The third-order valence-corrected chi connectivity index (χ3v) is 3.79. The normalized spacial score (nSPS) is 16.8. The van der Waals surface area contributed by atoms with Crippen molar-refractivity contribution in [3.63, 3.8) is 0 Å². The summed E-state index contributed by atoms with van der Waals surface area (Å²) in [6, 6.07) is 17.4. The van der Waals surface area contributed by atoms with Gasteiger partial charge in [-0.05, 0) is 54.7 Å². The largest absolute Gasteiger partial charge is 0.497 e. The number of rotatable bonds is 3. The number of hydrogen-bond donors (Lipinski definition) is 1. The molecular formula is C17H20ClNO. The molecule has 0 fully saturated rings. The number of hydrogen-bond acceptors (Lipinski definition) is 2. The summed E-state index contributed by atoms with van der Waals surface area (Å²) in [5.41, 5.74) is 4.09. The second-order valence-corrected chi connectivity index (χ2v) is 5.08. The van der Waals surface area contributed by atoms with Crippen molar-refractivity contribution in [3.8, 4) is 5.75 Å². The summed E-state index contributed by atoms with van der Waals surface area (Å²) in [4.78, 5) is 0. The summed E-state index contributed by atoms with van der Waals surface area (Å²) < 4.78 is 5.29. The van der Waals surface area contributed by atoms with Crippen LogP contribution in [0, 0.1) is 0 Å². The van der Waals surface area contributed by atoms with Crippen molar-refractivity contribution in [1.82, 2.24) is 0 Å². The van der Waals surface area contributed by atoms with Gasteiger partial charge < -0.3 is 10.1 Å². The van der Waals surface area contributed by atoms with Gasteiger partial charge in [-0.3, -0.25) is 0 Å². The van der Waals surface area contributed by atoms with Crippen LogP contribution in [0.3, 0.4) is 0 Å². The molecule has 1 unspecified atom stereocenters. The minimum absolute atomic E-state index is 0. The van der Waals surface area contributed by atoms with Crippen LogP contribution in [0.5, 0.6) is 5.75 Å². The van der Waals surface area contributed by atoms with Crippen LogP contribution >= 0.6 is 12.4 Å². The van der Waals surface area contributed by atoms with E-state index < -0.39 is 0 Å². The van der Waals surface area contributed by atoms with Crippen LogP contribution in [0.2, 0.25) is 0 Å². The Morgan fingerprint density at radius 2 is 1.85 bits per heavy atom. The summed E-state index contributed by atoms with van der Waals surface area (Å²) in [6.45, 7) is 0. The van der Waals surface area contributed by atoms with E-state index in [1.54, 1.807) is 7.11 Å². The van der Waals surface area contributed by atoms with Gasteiger partial charge in [0.05, 0.1) is 7.11 Å². The van der Waals surface area contributed by atoms with Gasteiger partial charge in [0.15, 0.2) is 0 Å². The average Bonchev–Trinajstić information content (AvgIpc) is 2.48. The Balaban J connectivity index is 0.00000147. The summed E-state index contributed by atoms with van der Waals surface area (Å²) in [5.74, 6) is 0.966. The summed E-state index contributed by atoms with van der Waals surface area (Å²) in [7, 11) is 1.73. The number of nitrogens with one attached hydrogen (secondary N) is 1. The molecule has 1 aliphatic carbocycles. The van der Waals surface area contributed by atoms with Crippen LogP contribution in [0.15, 0.2) is 48.5 Å². The number of halogens is 1. The van der Waals surface area contributed by atoms with E-state index in [9.17, 15) is 0 Å². The molecule has 0 radical (unpaired) electrons. The first-order chi connectivity index (χ1) is 9.35. The number of methoxy groups -OCH3 is 1. The van der Waals surface area contributed by atoms with Gasteiger partial charge in [-0.2, -0.15) is 0 Å². The molecule has 2 nitrogen and oxygen atoms in total. The van der Waals surface area contributed by atoms with Gasteiger partial charge in [0.25, 0.3) is 0 Å². The molecule has 2 aromatic rings. The Labute approximate surface area is 126 Å². The molecule has 0 heterocycles. The van der Waals surface area contributed by atoms with Gasteiger partial charge in [-0.1, -0.05) is 24.3 Å². The van der Waals surface area contributed by atoms with E-state index in [0.29, 0.717) is 6.04 Å². The van der Waals surface area contributed by atoms with E-state index in [-0.39, 0.29) is 12.4 Å². The van der Waals surface area contributed by atoms with Crippen molar-refractivity contribution in [2.45, 2.75) is 25.3 Å². The lowest BCUT2D eigenvalue weighted by Crippen LogP contribution is -2.27. The summed E-state index contributed by atoms with van der Waals surface area (Å²) in [5, 5.41) is 3.62.